The van der Waals surface area contributed by atoms with E-state index in [0.29, 0.717) is 6.42 Å². The van der Waals surface area contributed by atoms with Crippen molar-refractivity contribution in [3.63, 3.8) is 0 Å². The fourth-order valence-electron chi connectivity index (χ4n) is 3.65. The van der Waals surface area contributed by atoms with Gasteiger partial charge in [-0.25, -0.2) is 9.59 Å². The molecule has 0 aliphatic carbocycles. The first-order chi connectivity index (χ1) is 11.0. The van der Waals surface area contributed by atoms with Crippen LogP contribution in [0.4, 0.5) is 10.5 Å². The molecule has 23 heavy (non-hydrogen) atoms. The highest BCUT2D eigenvalue weighted by Gasteiger charge is 2.56. The number of hydrogen-bond acceptors (Lipinski definition) is 5. The minimum atomic E-state index is -0.766. The fourth-order valence-corrected chi connectivity index (χ4v) is 3.65. The Kier molecular flexibility index (Phi) is 3.71. The van der Waals surface area contributed by atoms with Crippen LogP contribution in [0, 0.1) is 0 Å². The molecular weight excluding hydrogens is 300 g/mol. The third-order valence-corrected chi connectivity index (χ3v) is 4.52. The number of fused-ring (bicyclic) bond motifs is 3. The van der Waals surface area contributed by atoms with Gasteiger partial charge in [0.15, 0.2) is 0 Å². The first kappa shape index (κ1) is 15.3. The van der Waals surface area contributed by atoms with Crippen molar-refractivity contribution >= 4 is 23.7 Å². The summed E-state index contributed by atoms with van der Waals surface area (Å²) < 4.78 is 9.65. The van der Waals surface area contributed by atoms with Gasteiger partial charge < -0.3 is 9.47 Å². The number of hydrogen-bond donors (Lipinski definition) is 0. The largest absolute Gasteiger partial charge is 0.467 e. The standard InChI is InChI=1S/C16H18N2O5/c1-9(19)17-12-7-5-4-6-10(12)11-8-13(15(20)22-2)18(14(11)17)16(21)23-3/h4-7,11,13-14H,8H2,1-3H3/t11-,13+,14-/m0/s1. The molecule has 0 saturated carbocycles. The highest BCUT2D eigenvalue weighted by Crippen LogP contribution is 2.50. The van der Waals surface area contributed by atoms with E-state index < -0.39 is 24.3 Å². The van der Waals surface area contributed by atoms with Crippen molar-refractivity contribution in [2.45, 2.75) is 31.5 Å². The average molecular weight is 318 g/mol. The third-order valence-electron chi connectivity index (χ3n) is 4.52. The van der Waals surface area contributed by atoms with E-state index in [2.05, 4.69) is 0 Å². The Morgan fingerprint density at radius 1 is 1.13 bits per heavy atom. The first-order valence-corrected chi connectivity index (χ1v) is 7.34. The monoisotopic (exact) mass is 318 g/mol. The lowest BCUT2D eigenvalue weighted by Crippen LogP contribution is -2.53. The summed E-state index contributed by atoms with van der Waals surface area (Å²) in [7, 11) is 2.53. The summed E-state index contributed by atoms with van der Waals surface area (Å²) in [6.45, 7) is 1.44. The van der Waals surface area contributed by atoms with Crippen molar-refractivity contribution in [1.82, 2.24) is 4.90 Å². The van der Waals surface area contributed by atoms with Crippen molar-refractivity contribution in [2.24, 2.45) is 0 Å². The van der Waals surface area contributed by atoms with Gasteiger partial charge in [-0.2, -0.15) is 0 Å². The third kappa shape index (κ3) is 2.15. The topological polar surface area (TPSA) is 76.2 Å². The molecule has 1 saturated heterocycles. The molecular formula is C16H18N2O5. The maximum atomic E-state index is 12.3. The van der Waals surface area contributed by atoms with Gasteiger partial charge in [-0.1, -0.05) is 18.2 Å². The van der Waals surface area contributed by atoms with Gasteiger partial charge in [0, 0.05) is 18.5 Å². The lowest BCUT2D eigenvalue weighted by atomic mass is 9.96. The minimum absolute atomic E-state index is 0.140. The molecule has 0 N–H and O–H groups in total. The lowest BCUT2D eigenvalue weighted by molar-refractivity contribution is -0.146. The number of esters is 1. The fraction of sp³-hybridized carbons (Fsp3) is 0.438. The molecule has 7 heteroatoms. The Labute approximate surface area is 133 Å². The summed E-state index contributed by atoms with van der Waals surface area (Å²) in [4.78, 5) is 39.4. The van der Waals surface area contributed by atoms with Crippen LogP contribution in [0.25, 0.3) is 0 Å². The summed E-state index contributed by atoms with van der Waals surface area (Å²) in [5.41, 5.74) is 1.72. The number of anilines is 1. The molecule has 7 nitrogen and oxygen atoms in total. The van der Waals surface area contributed by atoms with E-state index in [1.807, 2.05) is 24.3 Å². The zero-order valence-corrected chi connectivity index (χ0v) is 13.2. The predicted molar refractivity (Wildman–Crippen MR) is 80.8 cm³/mol. The molecule has 2 heterocycles. The number of likely N-dealkylation sites (tertiary alicyclic amines) is 1. The van der Waals surface area contributed by atoms with Gasteiger partial charge in [-0.05, 0) is 18.1 Å². The maximum absolute atomic E-state index is 12.3. The molecule has 1 aromatic rings. The van der Waals surface area contributed by atoms with Gasteiger partial charge in [0.1, 0.15) is 12.2 Å². The van der Waals surface area contributed by atoms with Crippen LogP contribution in [-0.4, -0.2) is 49.3 Å². The average Bonchev–Trinajstić information content (AvgIpc) is 3.07. The number of amides is 2. The second-order valence-corrected chi connectivity index (χ2v) is 5.62. The number of benzene rings is 1. The van der Waals surface area contributed by atoms with E-state index in [1.54, 1.807) is 4.90 Å². The minimum Gasteiger partial charge on any atom is -0.467 e. The van der Waals surface area contributed by atoms with Gasteiger partial charge in [-0.15, -0.1) is 0 Å². The molecule has 1 aromatic carbocycles. The number of para-hydroxylation sites is 1. The molecule has 3 atom stereocenters. The maximum Gasteiger partial charge on any atom is 0.411 e. The SMILES string of the molecule is COC(=O)[C@H]1C[C@H]2c3ccccc3N(C(C)=O)[C@H]2N1C(=O)OC. The summed E-state index contributed by atoms with van der Waals surface area (Å²) in [6.07, 6.45) is -0.818. The Bertz CT molecular complexity index is 674. The number of ether oxygens (including phenoxy) is 2. The van der Waals surface area contributed by atoms with Crippen LogP contribution in [0.2, 0.25) is 0 Å². The highest BCUT2D eigenvalue weighted by molar-refractivity contribution is 5.97. The molecule has 0 bridgehead atoms. The number of rotatable bonds is 1. The molecule has 3 rings (SSSR count). The van der Waals surface area contributed by atoms with Crippen LogP contribution in [0.15, 0.2) is 24.3 Å². The molecule has 2 aliphatic heterocycles. The van der Waals surface area contributed by atoms with Gasteiger partial charge in [0.2, 0.25) is 5.91 Å². The number of methoxy groups -OCH3 is 2. The van der Waals surface area contributed by atoms with E-state index in [9.17, 15) is 14.4 Å². The molecule has 1 fully saturated rings. The van der Waals surface area contributed by atoms with Crippen molar-refractivity contribution in [2.75, 3.05) is 19.1 Å². The summed E-state index contributed by atoms with van der Waals surface area (Å²) in [5.74, 6) is -0.839. The van der Waals surface area contributed by atoms with E-state index in [-0.39, 0.29) is 11.8 Å². The normalized spacial score (nSPS) is 24.9. The van der Waals surface area contributed by atoms with E-state index in [0.717, 1.165) is 11.3 Å². The second-order valence-electron chi connectivity index (χ2n) is 5.62. The zero-order chi connectivity index (χ0) is 16.7. The number of nitrogens with zero attached hydrogens (tertiary/aromatic N) is 2. The van der Waals surface area contributed by atoms with Crippen molar-refractivity contribution in [3.05, 3.63) is 29.8 Å². The Morgan fingerprint density at radius 3 is 2.43 bits per heavy atom. The van der Waals surface area contributed by atoms with Gasteiger partial charge in [-0.3, -0.25) is 14.6 Å². The van der Waals surface area contributed by atoms with Crippen LogP contribution in [0.5, 0.6) is 0 Å². The molecule has 122 valence electrons. The number of carbonyl (C=O) groups is 3. The molecule has 0 aromatic heterocycles. The van der Waals surface area contributed by atoms with Crippen LogP contribution < -0.4 is 4.90 Å². The molecule has 2 aliphatic rings. The predicted octanol–water partition coefficient (Wildman–Crippen LogP) is 1.48. The van der Waals surface area contributed by atoms with Crippen molar-refractivity contribution in [3.8, 4) is 0 Å². The second kappa shape index (κ2) is 5.57. The summed E-state index contributed by atoms with van der Waals surface area (Å²) in [6, 6.07) is 6.73. The Hall–Kier alpha value is -2.57. The lowest BCUT2D eigenvalue weighted by Gasteiger charge is -2.33. The van der Waals surface area contributed by atoms with Gasteiger partial charge in [0.05, 0.1) is 14.2 Å². The van der Waals surface area contributed by atoms with E-state index in [4.69, 9.17) is 9.47 Å². The summed E-state index contributed by atoms with van der Waals surface area (Å²) >= 11 is 0. The molecule has 0 spiro atoms. The van der Waals surface area contributed by atoms with E-state index >= 15 is 0 Å². The van der Waals surface area contributed by atoms with Gasteiger partial charge >= 0.3 is 12.1 Å². The van der Waals surface area contributed by atoms with Crippen molar-refractivity contribution < 1.29 is 23.9 Å². The quantitative estimate of drug-likeness (QED) is 0.733. The highest BCUT2D eigenvalue weighted by atomic mass is 16.5. The molecule has 0 unspecified atom stereocenters. The Balaban J connectivity index is 2.10. The van der Waals surface area contributed by atoms with Crippen LogP contribution in [0.1, 0.15) is 24.8 Å². The summed E-state index contributed by atoms with van der Waals surface area (Å²) in [5, 5.41) is 0. The zero-order valence-electron chi connectivity index (χ0n) is 13.2. The van der Waals surface area contributed by atoms with Gasteiger partial charge in [0.25, 0.3) is 0 Å². The number of carbonyl (C=O) groups excluding carboxylic acids is 3. The van der Waals surface area contributed by atoms with Crippen LogP contribution in [0.3, 0.4) is 0 Å². The van der Waals surface area contributed by atoms with Crippen LogP contribution >= 0.6 is 0 Å². The molecule has 0 radical (unpaired) electrons. The van der Waals surface area contributed by atoms with Crippen molar-refractivity contribution in [1.29, 1.82) is 0 Å². The molecule has 2 amide bonds. The van der Waals surface area contributed by atoms with Crippen LogP contribution in [-0.2, 0) is 19.1 Å². The van der Waals surface area contributed by atoms with E-state index in [1.165, 1.54) is 26.0 Å². The first-order valence-electron chi connectivity index (χ1n) is 7.34. The smallest absolute Gasteiger partial charge is 0.411 e. The Morgan fingerprint density at radius 2 is 1.83 bits per heavy atom.